The lowest BCUT2D eigenvalue weighted by molar-refractivity contribution is -0.117. The molecular formula is C24H36N2OS. The van der Waals surface area contributed by atoms with Gasteiger partial charge in [0.25, 0.3) is 5.91 Å². The van der Waals surface area contributed by atoms with Crippen LogP contribution in [0.5, 0.6) is 0 Å². The average molecular weight is 401 g/mol. The van der Waals surface area contributed by atoms with E-state index >= 15 is 0 Å². The Labute approximate surface area is 178 Å². The van der Waals surface area contributed by atoms with E-state index in [-0.39, 0.29) is 31.0 Å². The number of hydrogen-bond acceptors (Lipinski definition) is 2. The Morgan fingerprint density at radius 3 is 2.00 bits per heavy atom. The van der Waals surface area contributed by atoms with Gasteiger partial charge >= 0.3 is 0 Å². The molecule has 2 rings (SSSR count). The van der Waals surface area contributed by atoms with E-state index in [0.29, 0.717) is 5.92 Å². The van der Waals surface area contributed by atoms with Crippen LogP contribution >= 0.6 is 13.5 Å². The quantitative estimate of drug-likeness (QED) is 0.473. The fraction of sp³-hybridized carbons (Fsp3) is 0.583. The molecule has 0 saturated heterocycles. The minimum absolute atomic E-state index is 0. The molecule has 4 heteroatoms. The second kappa shape index (κ2) is 14.3. The number of hydrogen-bond donors (Lipinski definition) is 1. The Morgan fingerprint density at radius 2 is 1.50 bits per heavy atom. The number of amides is 1. The van der Waals surface area contributed by atoms with Crippen LogP contribution in [0.15, 0.2) is 42.0 Å². The van der Waals surface area contributed by atoms with Crippen LogP contribution < -0.4 is 5.32 Å². The van der Waals surface area contributed by atoms with Crippen molar-refractivity contribution in [3.63, 3.8) is 0 Å². The van der Waals surface area contributed by atoms with Crippen molar-refractivity contribution in [1.82, 2.24) is 5.32 Å². The van der Waals surface area contributed by atoms with Gasteiger partial charge < -0.3 is 5.32 Å². The zero-order valence-corrected chi connectivity index (χ0v) is 18.3. The van der Waals surface area contributed by atoms with Crippen LogP contribution in [0.25, 0.3) is 0 Å². The minimum Gasteiger partial charge on any atom is -0.345 e. The second-order valence-corrected chi connectivity index (χ2v) is 7.82. The highest BCUT2D eigenvalue weighted by atomic mass is 32.1. The molecule has 3 nitrogen and oxygen atoms in total. The molecular weight excluding hydrogens is 364 g/mol. The van der Waals surface area contributed by atoms with Gasteiger partial charge in [-0.05, 0) is 31.2 Å². The Kier molecular flexibility index (Phi) is 12.4. The van der Waals surface area contributed by atoms with E-state index in [9.17, 15) is 10.1 Å². The number of nitrogens with one attached hydrogen (secondary N) is 1. The third kappa shape index (κ3) is 8.97. The molecule has 1 amide bonds. The Balaban J connectivity index is 0.00000392. The monoisotopic (exact) mass is 400 g/mol. The van der Waals surface area contributed by atoms with Gasteiger partial charge in [-0.3, -0.25) is 4.79 Å². The number of rotatable bonds is 4. The van der Waals surface area contributed by atoms with Crippen molar-refractivity contribution < 1.29 is 4.79 Å². The number of carbonyl (C=O) groups excluding carboxylic acids is 1. The fourth-order valence-corrected chi connectivity index (χ4v) is 3.86. The maximum absolute atomic E-state index is 12.6. The number of allylic oxidation sites excluding steroid dienone is 1. The van der Waals surface area contributed by atoms with Crippen LogP contribution in [0, 0.1) is 17.2 Å². The minimum atomic E-state index is -0.250. The Bertz CT molecular complexity index is 624. The van der Waals surface area contributed by atoms with Crippen molar-refractivity contribution in [2.24, 2.45) is 5.92 Å². The highest BCUT2D eigenvalue weighted by molar-refractivity contribution is 7.59. The summed E-state index contributed by atoms with van der Waals surface area (Å²) in [6, 6.07) is 11.9. The number of carbonyl (C=O) groups is 1. The summed E-state index contributed by atoms with van der Waals surface area (Å²) in [4.78, 5) is 12.6. The molecule has 0 aliphatic heterocycles. The van der Waals surface area contributed by atoms with E-state index in [1.807, 2.05) is 43.3 Å². The molecule has 0 radical (unpaired) electrons. The van der Waals surface area contributed by atoms with Crippen molar-refractivity contribution in [3.8, 4) is 6.07 Å². The van der Waals surface area contributed by atoms with Gasteiger partial charge in [-0.25, -0.2) is 0 Å². The van der Waals surface area contributed by atoms with Gasteiger partial charge in [-0.1, -0.05) is 94.2 Å². The van der Waals surface area contributed by atoms with Crippen LogP contribution in [-0.4, -0.2) is 5.91 Å². The molecule has 0 spiro atoms. The highest BCUT2D eigenvalue weighted by Crippen LogP contribution is 2.23. The van der Waals surface area contributed by atoms with Crippen molar-refractivity contribution in [3.05, 3.63) is 47.5 Å². The molecule has 1 aromatic carbocycles. The predicted molar refractivity (Wildman–Crippen MR) is 121 cm³/mol. The molecule has 0 bridgehead atoms. The normalized spacial score (nSPS) is 18.5. The maximum atomic E-state index is 12.6. The SMILES string of the molecule is C[C@H](NC(=O)/C(C#N)=C/C1CCCCCCCCCCC1)c1ccccc1.S. The molecule has 1 N–H and O–H groups in total. The summed E-state index contributed by atoms with van der Waals surface area (Å²) in [7, 11) is 0. The van der Waals surface area contributed by atoms with Crippen molar-refractivity contribution in [1.29, 1.82) is 5.26 Å². The average Bonchev–Trinajstić information content (AvgIpc) is 2.68. The highest BCUT2D eigenvalue weighted by Gasteiger charge is 2.16. The first-order chi connectivity index (χ1) is 13.2. The third-order valence-electron chi connectivity index (χ3n) is 5.56. The van der Waals surface area contributed by atoms with Crippen LogP contribution in [0.3, 0.4) is 0 Å². The largest absolute Gasteiger partial charge is 0.345 e. The number of benzene rings is 1. The van der Waals surface area contributed by atoms with Gasteiger partial charge in [-0.2, -0.15) is 18.8 Å². The molecule has 1 aliphatic rings. The topological polar surface area (TPSA) is 52.9 Å². The van der Waals surface area contributed by atoms with E-state index < -0.39 is 0 Å². The summed E-state index contributed by atoms with van der Waals surface area (Å²) in [5, 5.41) is 12.5. The third-order valence-corrected chi connectivity index (χ3v) is 5.56. The smallest absolute Gasteiger partial charge is 0.262 e. The molecule has 1 aliphatic carbocycles. The number of nitrogens with zero attached hydrogens (tertiary/aromatic N) is 1. The van der Waals surface area contributed by atoms with Crippen molar-refractivity contribution >= 4 is 19.4 Å². The summed E-state index contributed by atoms with van der Waals surface area (Å²) < 4.78 is 0. The van der Waals surface area contributed by atoms with Gasteiger partial charge in [0.2, 0.25) is 0 Å². The van der Waals surface area contributed by atoms with E-state index in [0.717, 1.165) is 18.4 Å². The Hall–Kier alpha value is -1.73. The molecule has 0 unspecified atom stereocenters. The molecule has 1 atom stereocenters. The molecule has 1 aromatic rings. The molecule has 1 fully saturated rings. The lowest BCUT2D eigenvalue weighted by atomic mass is 9.91. The summed E-state index contributed by atoms with van der Waals surface area (Å²) in [6.45, 7) is 1.96. The molecule has 28 heavy (non-hydrogen) atoms. The lowest BCUT2D eigenvalue weighted by Crippen LogP contribution is -2.28. The lowest BCUT2D eigenvalue weighted by Gasteiger charge is -2.16. The van der Waals surface area contributed by atoms with Crippen LogP contribution in [0.4, 0.5) is 0 Å². The first-order valence-corrected chi connectivity index (χ1v) is 10.7. The first-order valence-electron chi connectivity index (χ1n) is 10.7. The van der Waals surface area contributed by atoms with Gasteiger partial charge in [-0.15, -0.1) is 0 Å². The van der Waals surface area contributed by atoms with E-state index in [1.54, 1.807) is 0 Å². The molecule has 0 heterocycles. The molecule has 154 valence electrons. The number of nitriles is 1. The van der Waals surface area contributed by atoms with Gasteiger partial charge in [0, 0.05) is 0 Å². The molecule has 1 saturated carbocycles. The maximum Gasteiger partial charge on any atom is 0.262 e. The van der Waals surface area contributed by atoms with Crippen LogP contribution in [0.1, 0.15) is 89.2 Å². The molecule has 0 aromatic heterocycles. The predicted octanol–water partition coefficient (Wildman–Crippen LogP) is 6.35. The van der Waals surface area contributed by atoms with E-state index in [4.69, 9.17) is 0 Å². The zero-order valence-electron chi connectivity index (χ0n) is 17.3. The van der Waals surface area contributed by atoms with E-state index in [2.05, 4.69) is 11.4 Å². The first kappa shape index (κ1) is 24.3. The Morgan fingerprint density at radius 1 is 1.00 bits per heavy atom. The van der Waals surface area contributed by atoms with Gasteiger partial charge in [0.05, 0.1) is 6.04 Å². The summed E-state index contributed by atoms with van der Waals surface area (Å²) in [5.41, 5.74) is 1.32. The van der Waals surface area contributed by atoms with Gasteiger partial charge in [0.15, 0.2) is 0 Å². The van der Waals surface area contributed by atoms with Crippen molar-refractivity contribution in [2.45, 2.75) is 83.6 Å². The van der Waals surface area contributed by atoms with E-state index in [1.165, 1.54) is 57.8 Å². The summed E-state index contributed by atoms with van der Waals surface area (Å²) in [5.74, 6) is 0.0943. The van der Waals surface area contributed by atoms with Crippen LogP contribution in [0.2, 0.25) is 0 Å². The zero-order chi connectivity index (χ0) is 19.3. The van der Waals surface area contributed by atoms with Crippen LogP contribution in [-0.2, 0) is 4.79 Å². The fourth-order valence-electron chi connectivity index (χ4n) is 3.86. The summed E-state index contributed by atoms with van der Waals surface area (Å²) in [6.07, 6.45) is 15.8. The standard InChI is InChI=1S/C24H34N2O.H2S/c1-20(22-16-12-9-13-17-22)26-24(27)23(19-25)18-21-14-10-7-5-3-2-4-6-8-11-15-21;/h9,12-13,16-18,20-21H,2-8,10-11,14-15H2,1H3,(H,26,27);1H2/b23-18+;/t20-;/m0./s1. The van der Waals surface area contributed by atoms with Gasteiger partial charge in [0.1, 0.15) is 11.6 Å². The second-order valence-electron chi connectivity index (χ2n) is 7.82. The summed E-state index contributed by atoms with van der Waals surface area (Å²) >= 11 is 0. The van der Waals surface area contributed by atoms with Crippen molar-refractivity contribution in [2.75, 3.05) is 0 Å².